The summed E-state index contributed by atoms with van der Waals surface area (Å²) in [5, 5.41) is 3.65. The second-order valence-electron chi connectivity index (χ2n) is 6.23. The predicted octanol–water partition coefficient (Wildman–Crippen LogP) is 2.11. The predicted molar refractivity (Wildman–Crippen MR) is 101 cm³/mol. The molecule has 1 unspecified atom stereocenters. The van der Waals surface area contributed by atoms with Crippen molar-refractivity contribution < 1.29 is 19.2 Å². The Balaban J connectivity index is 1.75. The first-order chi connectivity index (χ1) is 12.5. The van der Waals surface area contributed by atoms with Gasteiger partial charge in [-0.05, 0) is 23.8 Å². The summed E-state index contributed by atoms with van der Waals surface area (Å²) in [6, 6.07) is 12.4. The Morgan fingerprint density at radius 1 is 1.19 bits per heavy atom. The number of carbonyl (C=O) groups is 2. The Hall–Kier alpha value is -2.08. The van der Waals surface area contributed by atoms with Crippen LogP contribution in [0.25, 0.3) is 0 Å². The highest BCUT2D eigenvalue weighted by atomic mass is 35.5. The zero-order valence-electron chi connectivity index (χ0n) is 14.2. The standard InChI is InChI=1S/C19H18Cl2N2O3/c1-26-19(25)17-8-12-4-2-3-5-13(12)10-23(17)11-18(24)22-16-7-6-14(20)9-15(16)21/h2-7,9,17H,8,10-11H2,1H3,(H,22,24)/p+1/t17-/m1/s1. The van der Waals surface area contributed by atoms with E-state index < -0.39 is 6.04 Å². The van der Waals surface area contributed by atoms with E-state index in [0.29, 0.717) is 28.7 Å². The number of nitrogens with one attached hydrogen (secondary N) is 2. The van der Waals surface area contributed by atoms with E-state index in [1.54, 1.807) is 18.2 Å². The molecule has 0 spiro atoms. The molecule has 0 aromatic heterocycles. The number of anilines is 1. The van der Waals surface area contributed by atoms with Gasteiger partial charge in [-0.2, -0.15) is 0 Å². The highest BCUT2D eigenvalue weighted by molar-refractivity contribution is 6.36. The number of carbonyl (C=O) groups excluding carboxylic acids is 2. The number of benzene rings is 2. The third-order valence-electron chi connectivity index (χ3n) is 4.53. The van der Waals surface area contributed by atoms with Crippen LogP contribution in [-0.4, -0.2) is 31.6 Å². The molecular formula is C19H19Cl2N2O3+. The summed E-state index contributed by atoms with van der Waals surface area (Å²) in [7, 11) is 1.37. The van der Waals surface area contributed by atoms with Gasteiger partial charge in [-0.25, -0.2) is 4.79 Å². The van der Waals surface area contributed by atoms with Crippen LogP contribution in [0.5, 0.6) is 0 Å². The highest BCUT2D eigenvalue weighted by Crippen LogP contribution is 2.25. The Labute approximate surface area is 161 Å². The lowest BCUT2D eigenvalue weighted by Gasteiger charge is -2.31. The fraction of sp³-hybridized carbons (Fsp3) is 0.263. The van der Waals surface area contributed by atoms with Gasteiger partial charge in [0.05, 0.1) is 17.8 Å². The number of quaternary nitrogens is 1. The molecule has 136 valence electrons. The molecule has 0 aliphatic carbocycles. The molecule has 2 atom stereocenters. The Morgan fingerprint density at radius 3 is 2.62 bits per heavy atom. The van der Waals surface area contributed by atoms with E-state index in [2.05, 4.69) is 5.32 Å². The third-order valence-corrected chi connectivity index (χ3v) is 5.08. The van der Waals surface area contributed by atoms with Gasteiger partial charge in [0.15, 0.2) is 12.6 Å². The average Bonchev–Trinajstić information content (AvgIpc) is 2.63. The van der Waals surface area contributed by atoms with Crippen LogP contribution in [0.4, 0.5) is 5.69 Å². The second-order valence-corrected chi connectivity index (χ2v) is 7.08. The number of esters is 1. The van der Waals surface area contributed by atoms with Crippen LogP contribution in [0.3, 0.4) is 0 Å². The summed E-state index contributed by atoms with van der Waals surface area (Å²) in [5.41, 5.74) is 2.75. The molecule has 0 saturated carbocycles. The van der Waals surface area contributed by atoms with Crippen molar-refractivity contribution in [2.24, 2.45) is 0 Å². The van der Waals surface area contributed by atoms with Gasteiger partial charge in [-0.1, -0.05) is 47.5 Å². The summed E-state index contributed by atoms with van der Waals surface area (Å²) in [6.07, 6.45) is 0.549. The van der Waals surface area contributed by atoms with Crippen LogP contribution in [0, 0.1) is 0 Å². The summed E-state index contributed by atoms with van der Waals surface area (Å²) < 4.78 is 4.94. The molecule has 7 heteroatoms. The van der Waals surface area contributed by atoms with E-state index in [1.807, 2.05) is 24.3 Å². The summed E-state index contributed by atoms with van der Waals surface area (Å²) in [5.74, 6) is -0.538. The molecule has 5 nitrogen and oxygen atoms in total. The smallest absolute Gasteiger partial charge is 0.365 e. The van der Waals surface area contributed by atoms with Crippen molar-refractivity contribution >= 4 is 40.8 Å². The fourth-order valence-corrected chi connectivity index (χ4v) is 3.69. The van der Waals surface area contributed by atoms with E-state index in [9.17, 15) is 9.59 Å². The minimum absolute atomic E-state index is 0.132. The molecule has 2 aromatic carbocycles. The minimum atomic E-state index is -0.415. The van der Waals surface area contributed by atoms with Crippen LogP contribution in [0.15, 0.2) is 42.5 Å². The minimum Gasteiger partial charge on any atom is -0.465 e. The second kappa shape index (κ2) is 8.08. The molecule has 0 fully saturated rings. The van der Waals surface area contributed by atoms with Crippen LogP contribution in [-0.2, 0) is 27.3 Å². The van der Waals surface area contributed by atoms with Gasteiger partial charge in [0, 0.05) is 17.0 Å². The number of rotatable bonds is 4. The monoisotopic (exact) mass is 393 g/mol. The van der Waals surface area contributed by atoms with Crippen molar-refractivity contribution in [3.8, 4) is 0 Å². The zero-order chi connectivity index (χ0) is 18.7. The van der Waals surface area contributed by atoms with Crippen LogP contribution in [0.1, 0.15) is 11.1 Å². The largest absolute Gasteiger partial charge is 0.465 e. The van der Waals surface area contributed by atoms with Gasteiger partial charge in [0.25, 0.3) is 5.91 Å². The van der Waals surface area contributed by atoms with E-state index in [-0.39, 0.29) is 18.4 Å². The van der Waals surface area contributed by atoms with Crippen LogP contribution in [0.2, 0.25) is 10.0 Å². The number of fused-ring (bicyclic) bond motifs is 1. The maximum atomic E-state index is 12.5. The lowest BCUT2D eigenvalue weighted by molar-refractivity contribution is -0.924. The molecule has 1 heterocycles. The molecule has 0 bridgehead atoms. The first-order valence-electron chi connectivity index (χ1n) is 8.22. The number of hydrogen-bond acceptors (Lipinski definition) is 3. The summed E-state index contributed by atoms with van der Waals surface area (Å²) >= 11 is 12.0. The number of methoxy groups -OCH3 is 1. The highest BCUT2D eigenvalue weighted by Gasteiger charge is 2.37. The van der Waals surface area contributed by atoms with Gasteiger partial charge >= 0.3 is 5.97 Å². The Morgan fingerprint density at radius 2 is 1.92 bits per heavy atom. The topological polar surface area (TPSA) is 59.8 Å². The molecule has 2 N–H and O–H groups in total. The average molecular weight is 394 g/mol. The lowest BCUT2D eigenvalue weighted by Crippen LogP contribution is -3.17. The maximum Gasteiger partial charge on any atom is 0.365 e. The van der Waals surface area contributed by atoms with E-state index in [0.717, 1.165) is 16.0 Å². The molecule has 0 radical (unpaired) electrons. The van der Waals surface area contributed by atoms with Gasteiger partial charge in [-0.15, -0.1) is 0 Å². The molecule has 1 amide bonds. The van der Waals surface area contributed by atoms with Crippen LogP contribution < -0.4 is 10.2 Å². The lowest BCUT2D eigenvalue weighted by atomic mass is 9.94. The molecule has 26 heavy (non-hydrogen) atoms. The first kappa shape index (κ1) is 18.7. The van der Waals surface area contributed by atoms with Crippen LogP contribution >= 0.6 is 23.2 Å². The van der Waals surface area contributed by atoms with Crippen molar-refractivity contribution in [1.82, 2.24) is 0 Å². The molecular weight excluding hydrogens is 375 g/mol. The van der Waals surface area contributed by atoms with Gasteiger partial charge in [0.2, 0.25) is 0 Å². The third kappa shape index (κ3) is 4.18. The Bertz CT molecular complexity index is 841. The van der Waals surface area contributed by atoms with Crippen molar-refractivity contribution in [2.75, 3.05) is 19.0 Å². The van der Waals surface area contributed by atoms with Gasteiger partial charge in [-0.3, -0.25) is 4.79 Å². The fourth-order valence-electron chi connectivity index (χ4n) is 3.23. The van der Waals surface area contributed by atoms with Crippen molar-refractivity contribution in [1.29, 1.82) is 0 Å². The van der Waals surface area contributed by atoms with Gasteiger partial charge in [0.1, 0.15) is 6.54 Å². The van der Waals surface area contributed by atoms with Crippen molar-refractivity contribution in [3.05, 3.63) is 63.6 Å². The van der Waals surface area contributed by atoms with Crippen molar-refractivity contribution in [3.63, 3.8) is 0 Å². The summed E-state index contributed by atoms with van der Waals surface area (Å²) in [4.78, 5) is 25.6. The first-order valence-corrected chi connectivity index (χ1v) is 8.97. The number of hydrogen-bond donors (Lipinski definition) is 2. The molecule has 0 saturated heterocycles. The normalized spacial score (nSPS) is 18.7. The molecule has 1 aliphatic heterocycles. The zero-order valence-corrected chi connectivity index (χ0v) is 15.7. The number of halogens is 2. The number of ether oxygens (including phenoxy) is 1. The van der Waals surface area contributed by atoms with Crippen molar-refractivity contribution in [2.45, 2.75) is 19.0 Å². The molecule has 2 aromatic rings. The molecule has 1 aliphatic rings. The quantitative estimate of drug-likeness (QED) is 0.782. The van der Waals surface area contributed by atoms with E-state index >= 15 is 0 Å². The summed E-state index contributed by atoms with van der Waals surface area (Å²) in [6.45, 7) is 0.713. The Kier molecular flexibility index (Phi) is 5.81. The molecule has 3 rings (SSSR count). The van der Waals surface area contributed by atoms with E-state index in [4.69, 9.17) is 27.9 Å². The van der Waals surface area contributed by atoms with Gasteiger partial charge < -0.3 is 15.0 Å². The number of amides is 1. The SMILES string of the molecule is COC(=O)[C@H]1Cc2ccccc2C[NH+]1CC(=O)Nc1ccc(Cl)cc1Cl. The van der Waals surface area contributed by atoms with E-state index in [1.165, 1.54) is 7.11 Å². The maximum absolute atomic E-state index is 12.5.